The number of amides is 1. The van der Waals surface area contributed by atoms with Crippen molar-refractivity contribution in [3.63, 3.8) is 0 Å². The van der Waals surface area contributed by atoms with Gasteiger partial charge < -0.3 is 10.6 Å². The molecule has 3 N–H and O–H groups in total. The molecule has 0 spiro atoms. The highest BCUT2D eigenvalue weighted by Gasteiger charge is 2.21. The molecule has 4 rings (SSSR count). The van der Waals surface area contributed by atoms with Crippen molar-refractivity contribution < 1.29 is 4.79 Å². The van der Waals surface area contributed by atoms with Crippen LogP contribution in [0.3, 0.4) is 0 Å². The monoisotopic (exact) mass is 389 g/mol. The smallest absolute Gasteiger partial charge is 0.299 e. The lowest BCUT2D eigenvalue weighted by molar-refractivity contribution is -0.111. The van der Waals surface area contributed by atoms with Crippen molar-refractivity contribution in [2.24, 2.45) is 10.1 Å². The number of nitrogens with one attached hydrogen (secondary N) is 3. The molecule has 0 saturated heterocycles. The molecule has 0 unspecified atom stereocenters. The van der Waals surface area contributed by atoms with Crippen LogP contribution in [0.2, 0.25) is 0 Å². The molecule has 3 aromatic rings. The van der Waals surface area contributed by atoms with Gasteiger partial charge in [-0.25, -0.2) is 0 Å². The van der Waals surface area contributed by atoms with Crippen LogP contribution < -0.4 is 16.1 Å². The highest BCUT2D eigenvalue weighted by atomic mass is 32.1. The molecule has 1 amide bonds. The molecule has 28 heavy (non-hydrogen) atoms. The van der Waals surface area contributed by atoms with Gasteiger partial charge in [-0.15, -0.1) is 10.2 Å². The van der Waals surface area contributed by atoms with Crippen molar-refractivity contribution in [2.45, 2.75) is 0 Å². The maximum Gasteiger partial charge on any atom is 0.299 e. The predicted octanol–water partition coefficient (Wildman–Crippen LogP) is 3.35. The maximum absolute atomic E-state index is 12.4. The number of hydrogen-bond acceptors (Lipinski definition) is 8. The van der Waals surface area contributed by atoms with Gasteiger partial charge in [-0.1, -0.05) is 47.7 Å². The molecule has 8 nitrogen and oxygen atoms in total. The minimum atomic E-state index is -0.464. The van der Waals surface area contributed by atoms with Gasteiger partial charge in [0.1, 0.15) is 5.51 Å². The number of benzene rings is 2. The van der Waals surface area contributed by atoms with Crippen LogP contribution >= 0.6 is 11.3 Å². The Morgan fingerprint density at radius 2 is 1.57 bits per heavy atom. The number of aliphatic imine (C=N–C) groups is 1. The van der Waals surface area contributed by atoms with Gasteiger partial charge in [0.05, 0.1) is 5.70 Å². The third-order valence-electron chi connectivity index (χ3n) is 3.69. The number of para-hydroxylation sites is 2. The Bertz CT molecular complexity index is 1040. The van der Waals surface area contributed by atoms with E-state index in [2.05, 4.69) is 36.4 Å². The van der Waals surface area contributed by atoms with Gasteiger partial charge in [0.25, 0.3) is 5.91 Å². The summed E-state index contributed by atoms with van der Waals surface area (Å²) in [6.07, 6.45) is 1.64. The number of hydrogen-bond donors (Lipinski definition) is 3. The van der Waals surface area contributed by atoms with E-state index in [0.29, 0.717) is 16.7 Å². The molecule has 0 saturated carbocycles. The SMILES string of the molecule is O=C1N=C(Nc2ccccc2)C(Nc2ccccc2)=CC1=NNc1nncs1. The first-order chi connectivity index (χ1) is 13.8. The predicted molar refractivity (Wildman–Crippen MR) is 112 cm³/mol. The standard InChI is InChI=1S/C19H15N7OS/c27-18-16(24-26-19-25-20-12-28-19)11-15(21-13-7-3-1-4-8-13)17(23-18)22-14-9-5-2-6-10-14/h1-12,21H,(H,25,26)(H,22,23,27). The van der Waals surface area contributed by atoms with E-state index in [1.165, 1.54) is 11.3 Å². The fourth-order valence-corrected chi connectivity index (χ4v) is 2.81. The van der Waals surface area contributed by atoms with Crippen molar-refractivity contribution in [2.75, 3.05) is 16.1 Å². The zero-order valence-electron chi connectivity index (χ0n) is 14.5. The van der Waals surface area contributed by atoms with Gasteiger partial charge in [0.2, 0.25) is 5.13 Å². The van der Waals surface area contributed by atoms with E-state index in [1.54, 1.807) is 11.6 Å². The summed E-state index contributed by atoms with van der Waals surface area (Å²) in [5.74, 6) is -0.0519. The van der Waals surface area contributed by atoms with Crippen molar-refractivity contribution in [1.29, 1.82) is 0 Å². The van der Waals surface area contributed by atoms with Gasteiger partial charge in [-0.2, -0.15) is 10.1 Å². The van der Waals surface area contributed by atoms with E-state index in [4.69, 9.17) is 0 Å². The topological polar surface area (TPSA) is 104 Å². The second kappa shape index (κ2) is 8.23. The first-order valence-corrected chi connectivity index (χ1v) is 9.25. The van der Waals surface area contributed by atoms with E-state index in [9.17, 15) is 4.79 Å². The molecule has 1 aliphatic rings. The summed E-state index contributed by atoms with van der Waals surface area (Å²) in [5.41, 5.74) is 6.76. The average molecular weight is 389 g/mol. The molecule has 2 heterocycles. The number of anilines is 3. The number of dihydropyridines is 1. The third kappa shape index (κ3) is 4.27. The lowest BCUT2D eigenvalue weighted by Crippen LogP contribution is -2.29. The Balaban J connectivity index is 1.63. The lowest BCUT2D eigenvalue weighted by Gasteiger charge is -2.18. The van der Waals surface area contributed by atoms with E-state index in [1.807, 2.05) is 60.7 Å². The first kappa shape index (κ1) is 17.6. The summed E-state index contributed by atoms with van der Waals surface area (Å²) in [6.45, 7) is 0. The number of nitrogens with zero attached hydrogens (tertiary/aromatic N) is 4. The van der Waals surface area contributed by atoms with Gasteiger partial charge >= 0.3 is 0 Å². The molecule has 0 atom stereocenters. The van der Waals surface area contributed by atoms with Crippen LogP contribution in [0.5, 0.6) is 0 Å². The number of hydrazone groups is 1. The molecule has 0 radical (unpaired) electrons. The van der Waals surface area contributed by atoms with E-state index in [-0.39, 0.29) is 5.71 Å². The number of aromatic nitrogens is 2. The minimum absolute atomic E-state index is 0.159. The summed E-state index contributed by atoms with van der Waals surface area (Å²) < 4.78 is 0. The highest BCUT2D eigenvalue weighted by molar-refractivity contribution is 7.13. The van der Waals surface area contributed by atoms with E-state index < -0.39 is 5.91 Å². The Kier molecular flexibility index (Phi) is 5.16. The molecule has 138 valence electrons. The van der Waals surface area contributed by atoms with Crippen molar-refractivity contribution in [3.05, 3.63) is 77.9 Å². The lowest BCUT2D eigenvalue weighted by atomic mass is 10.2. The summed E-state index contributed by atoms with van der Waals surface area (Å²) >= 11 is 1.28. The molecule has 1 aliphatic heterocycles. The molecule has 2 aromatic carbocycles. The summed E-state index contributed by atoms with van der Waals surface area (Å²) in [4.78, 5) is 16.6. The van der Waals surface area contributed by atoms with E-state index >= 15 is 0 Å². The third-order valence-corrected chi connectivity index (χ3v) is 4.29. The second-order valence-corrected chi connectivity index (χ2v) is 6.49. The quantitative estimate of drug-likeness (QED) is 0.578. The van der Waals surface area contributed by atoms with Gasteiger partial charge in [0.15, 0.2) is 11.5 Å². The van der Waals surface area contributed by atoms with Crippen molar-refractivity contribution in [3.8, 4) is 0 Å². The molecule has 1 aromatic heterocycles. The van der Waals surface area contributed by atoms with Crippen molar-refractivity contribution in [1.82, 2.24) is 10.2 Å². The van der Waals surface area contributed by atoms with Crippen LogP contribution in [-0.4, -0.2) is 27.7 Å². The zero-order chi connectivity index (χ0) is 19.2. The number of amidine groups is 1. The fourth-order valence-electron chi connectivity index (χ4n) is 2.42. The van der Waals surface area contributed by atoms with Crippen LogP contribution in [0.4, 0.5) is 16.5 Å². The Morgan fingerprint density at radius 1 is 0.893 bits per heavy atom. The molecule has 0 aliphatic carbocycles. The average Bonchev–Trinajstić information content (AvgIpc) is 3.24. The van der Waals surface area contributed by atoms with Gasteiger partial charge in [-0.3, -0.25) is 10.2 Å². The van der Waals surface area contributed by atoms with Crippen LogP contribution in [0.15, 0.2) is 88.0 Å². The number of carbonyl (C=O) groups is 1. The molecular weight excluding hydrogens is 374 g/mol. The molecule has 0 bridgehead atoms. The van der Waals surface area contributed by atoms with Crippen LogP contribution in [-0.2, 0) is 4.79 Å². The Morgan fingerprint density at radius 3 is 2.21 bits per heavy atom. The first-order valence-electron chi connectivity index (χ1n) is 8.37. The number of rotatable bonds is 5. The molecular formula is C19H15N7OS. The van der Waals surface area contributed by atoms with Crippen LogP contribution in [0.1, 0.15) is 0 Å². The molecule has 9 heteroatoms. The second-order valence-electron chi connectivity index (χ2n) is 5.66. The zero-order valence-corrected chi connectivity index (χ0v) is 15.4. The summed E-state index contributed by atoms with van der Waals surface area (Å²) in [5, 5.41) is 18.6. The molecule has 0 fully saturated rings. The van der Waals surface area contributed by atoms with Gasteiger partial charge in [-0.05, 0) is 30.3 Å². The maximum atomic E-state index is 12.4. The van der Waals surface area contributed by atoms with Crippen LogP contribution in [0.25, 0.3) is 0 Å². The normalized spacial score (nSPS) is 15.0. The Labute approximate surface area is 164 Å². The minimum Gasteiger partial charge on any atom is -0.352 e. The summed E-state index contributed by atoms with van der Waals surface area (Å²) in [7, 11) is 0. The number of carbonyl (C=O) groups excluding carboxylic acids is 1. The largest absolute Gasteiger partial charge is 0.352 e. The van der Waals surface area contributed by atoms with Crippen LogP contribution in [0, 0.1) is 0 Å². The summed E-state index contributed by atoms with van der Waals surface area (Å²) in [6, 6.07) is 19.1. The van der Waals surface area contributed by atoms with Crippen molar-refractivity contribution >= 4 is 45.3 Å². The van der Waals surface area contributed by atoms with E-state index in [0.717, 1.165) is 11.4 Å². The highest BCUT2D eigenvalue weighted by Crippen LogP contribution is 2.17. The fraction of sp³-hybridized carbons (Fsp3) is 0. The van der Waals surface area contributed by atoms with Gasteiger partial charge in [0, 0.05) is 11.4 Å². The Hall–Kier alpha value is -3.85.